The zero-order chi connectivity index (χ0) is 29.3. The molecule has 0 aliphatic rings. The lowest BCUT2D eigenvalue weighted by Gasteiger charge is -2.05. The van der Waals surface area contributed by atoms with E-state index in [-0.39, 0.29) is 11.7 Å². The summed E-state index contributed by atoms with van der Waals surface area (Å²) in [5.74, 6) is 1.14. The summed E-state index contributed by atoms with van der Waals surface area (Å²) in [4.78, 5) is 12.9. The first-order valence-electron chi connectivity index (χ1n) is 12.9. The molecule has 0 fully saturated rings. The summed E-state index contributed by atoms with van der Waals surface area (Å²) in [5, 5.41) is 18.5. The lowest BCUT2D eigenvalue weighted by molar-refractivity contribution is -0.137. The second-order valence-corrected chi connectivity index (χ2v) is 13.9. The lowest BCUT2D eigenvalue weighted by atomic mass is 10.1. The topological polar surface area (TPSA) is 105 Å². The quantitative estimate of drug-likeness (QED) is 0.178. The number of aromatic nitrogens is 3. The monoisotopic (exact) mass is 597 g/mol. The van der Waals surface area contributed by atoms with E-state index in [4.69, 9.17) is 17.7 Å². The number of carbonyl (C=O) groups is 1. The molecule has 12 heteroatoms. The maximum Gasteiger partial charge on any atom is 0.330 e. The molecule has 0 amide bonds. The first-order chi connectivity index (χ1) is 19.3. The molecule has 1 aromatic heterocycles. The number of para-hydroxylation sites is 1. The number of hydrogen-bond acceptors (Lipinski definition) is 8. The summed E-state index contributed by atoms with van der Waals surface area (Å²) in [6, 6.07) is 20.5. The highest BCUT2D eigenvalue weighted by atomic mass is 28.3. The van der Waals surface area contributed by atoms with Crippen LogP contribution >= 0.6 is 0 Å². The van der Waals surface area contributed by atoms with Gasteiger partial charge in [-0.1, -0.05) is 50.2 Å². The van der Waals surface area contributed by atoms with Gasteiger partial charge in [-0.15, -0.1) is 15.0 Å². The number of nitrogens with zero attached hydrogens (tertiary/aromatic N) is 3. The normalized spacial score (nSPS) is 11.0. The van der Waals surface area contributed by atoms with Crippen molar-refractivity contribution < 1.29 is 27.6 Å². The molecule has 9 nitrogen and oxygen atoms in total. The fraction of sp³-hybridized carbons (Fsp3) is 0.250. The summed E-state index contributed by atoms with van der Waals surface area (Å²) in [6.45, 7) is 6.62. The van der Waals surface area contributed by atoms with E-state index in [0.29, 0.717) is 18.2 Å². The molecular weight excluding hydrogens is 559 g/mol. The van der Waals surface area contributed by atoms with Gasteiger partial charge < -0.3 is 22.8 Å². The summed E-state index contributed by atoms with van der Waals surface area (Å²) in [6.07, 6.45) is 4.02. The Labute approximate surface area is 244 Å². The number of ether oxygens (including phenoxy) is 2. The molecule has 1 heterocycles. The molecule has 0 radical (unpaired) electrons. The van der Waals surface area contributed by atoms with Crippen LogP contribution in [0.2, 0.25) is 0 Å². The minimum absolute atomic E-state index is 0.177. The molecule has 3 aromatic carbocycles. The Bertz CT molecular complexity index is 1330. The largest absolute Gasteiger partial charge is 0.506 e. The third-order valence-corrected chi connectivity index (χ3v) is 7.23. The molecule has 0 atom stereocenters. The standard InChI is InChI=1S/C15H20O3.C13H11N3O.H8O2Si3/c1-12(2)10-11-18-15(16)9-8-13-6-4-5-7-14(13)17-3;1-9-6-7-13(17)12(8-9)16-14-10-4-2-3-5-11(10)15-16;3-1-5-2-4/h4-9,12H,10-11H2,1-3H3;2-8,17H,1H3;5H2,3-4H3/b9-8+;;. The first kappa shape index (κ1) is 32.7. The zero-order valence-electron chi connectivity index (χ0n) is 24.0. The molecule has 4 aromatic rings. The molecule has 0 unspecified atom stereocenters. The molecule has 4 rings (SSSR count). The summed E-state index contributed by atoms with van der Waals surface area (Å²) in [7, 11) is 2.88. The van der Waals surface area contributed by atoms with Gasteiger partial charge in [0, 0.05) is 11.6 Å². The number of aromatic hydroxyl groups is 1. The van der Waals surface area contributed by atoms with Gasteiger partial charge in [-0.3, -0.25) is 0 Å². The van der Waals surface area contributed by atoms with Crippen LogP contribution < -0.4 is 4.74 Å². The van der Waals surface area contributed by atoms with E-state index in [1.807, 2.05) is 67.6 Å². The van der Waals surface area contributed by atoms with Crippen molar-refractivity contribution in [3.05, 3.63) is 83.9 Å². The Kier molecular flexibility index (Phi) is 14.6. The summed E-state index contributed by atoms with van der Waals surface area (Å²) in [5.41, 5.74) is 4.14. The van der Waals surface area contributed by atoms with Crippen molar-refractivity contribution in [3.8, 4) is 17.2 Å². The highest BCUT2D eigenvalue weighted by molar-refractivity contribution is 6.33. The number of benzene rings is 3. The molecule has 40 heavy (non-hydrogen) atoms. The van der Waals surface area contributed by atoms with Crippen molar-refractivity contribution in [1.29, 1.82) is 0 Å². The van der Waals surface area contributed by atoms with E-state index in [9.17, 15) is 9.90 Å². The van der Waals surface area contributed by atoms with E-state index < -0.39 is 10.0 Å². The van der Waals surface area contributed by atoms with Crippen LogP contribution in [0.15, 0.2) is 72.8 Å². The predicted molar refractivity (Wildman–Crippen MR) is 168 cm³/mol. The number of methoxy groups -OCH3 is 1. The molecule has 0 saturated heterocycles. The number of carbonyl (C=O) groups excluding carboxylic acids is 1. The number of esters is 1. The molecule has 0 aliphatic carbocycles. The molecule has 0 spiro atoms. The fourth-order valence-electron chi connectivity index (χ4n) is 3.28. The van der Waals surface area contributed by atoms with Gasteiger partial charge in [0.15, 0.2) is 0 Å². The number of rotatable bonds is 9. The van der Waals surface area contributed by atoms with Crippen molar-refractivity contribution in [1.82, 2.24) is 15.0 Å². The van der Waals surface area contributed by atoms with E-state index in [1.165, 1.54) is 10.9 Å². The third kappa shape index (κ3) is 11.3. The lowest BCUT2D eigenvalue weighted by Crippen LogP contribution is -2.04. The maximum absolute atomic E-state index is 11.4. The predicted octanol–water partition coefficient (Wildman–Crippen LogP) is 2.31. The van der Waals surface area contributed by atoms with Gasteiger partial charge in [0.2, 0.25) is 0 Å². The fourth-order valence-corrected chi connectivity index (χ4v) is 6.35. The summed E-state index contributed by atoms with van der Waals surface area (Å²) >= 11 is 0. The second-order valence-electron chi connectivity index (χ2n) is 9.09. The van der Waals surface area contributed by atoms with Crippen LogP contribution in [0.4, 0.5) is 0 Å². The van der Waals surface area contributed by atoms with E-state index in [2.05, 4.69) is 24.0 Å². The smallest absolute Gasteiger partial charge is 0.330 e. The van der Waals surface area contributed by atoms with Gasteiger partial charge in [-0.05, 0) is 61.2 Å². The average molecular weight is 598 g/mol. The van der Waals surface area contributed by atoms with E-state index in [0.717, 1.165) is 55.3 Å². The molecule has 0 aliphatic heterocycles. The number of fused-ring (bicyclic) bond motifs is 1. The van der Waals surface area contributed by atoms with Crippen LogP contribution in [0.3, 0.4) is 0 Å². The van der Waals surface area contributed by atoms with Crippen LogP contribution in [-0.4, -0.2) is 70.8 Å². The molecule has 0 bridgehead atoms. The Morgan fingerprint density at radius 3 is 2.23 bits per heavy atom. The third-order valence-electron chi connectivity index (χ3n) is 5.35. The Balaban J connectivity index is 0.000000240. The molecule has 0 saturated carbocycles. The van der Waals surface area contributed by atoms with Crippen LogP contribution in [0.25, 0.3) is 22.8 Å². The van der Waals surface area contributed by atoms with Crippen molar-refractivity contribution in [3.63, 3.8) is 0 Å². The van der Waals surface area contributed by atoms with Crippen LogP contribution in [-0.2, 0) is 17.8 Å². The van der Waals surface area contributed by atoms with Crippen molar-refractivity contribution in [2.45, 2.75) is 27.2 Å². The summed E-state index contributed by atoms with van der Waals surface area (Å²) < 4.78 is 19.8. The van der Waals surface area contributed by atoms with Crippen molar-refractivity contribution in [2.75, 3.05) is 13.7 Å². The Hall–Kier alpha value is -3.56. The van der Waals surface area contributed by atoms with Gasteiger partial charge >= 0.3 is 5.97 Å². The molecule has 1 N–H and O–H groups in total. The zero-order valence-corrected chi connectivity index (χ0v) is 29.4. The van der Waals surface area contributed by atoms with Crippen molar-refractivity contribution in [2.24, 2.45) is 5.92 Å². The van der Waals surface area contributed by atoms with E-state index >= 15 is 0 Å². The number of phenols is 1. The SMILES string of the molecule is COc1ccccc1/C=C/C(=O)OCCC(C)C.Cc1ccc(O)c(-n2nc3ccccc3n2)c1.[SiH3]O[SiH2]O[SiH3]. The number of hydrogen-bond donors (Lipinski definition) is 1. The van der Waals surface area contributed by atoms with Gasteiger partial charge in [0.25, 0.3) is 10.0 Å². The van der Waals surface area contributed by atoms with Gasteiger partial charge in [0.1, 0.15) is 49.2 Å². The van der Waals surface area contributed by atoms with Crippen molar-refractivity contribution >= 4 is 54.1 Å². The number of phenolic OH excluding ortho intramolecular Hbond substituents is 1. The van der Waals surface area contributed by atoms with Crippen LogP contribution in [0, 0.1) is 12.8 Å². The highest BCUT2D eigenvalue weighted by Crippen LogP contribution is 2.22. The van der Waals surface area contributed by atoms with Gasteiger partial charge in [0.05, 0.1) is 13.7 Å². The Morgan fingerprint density at radius 1 is 1.02 bits per heavy atom. The molecule has 214 valence electrons. The maximum atomic E-state index is 11.4. The minimum Gasteiger partial charge on any atom is -0.506 e. The van der Waals surface area contributed by atoms with Crippen LogP contribution in [0.1, 0.15) is 31.4 Å². The number of aryl methyl sites for hydroxylation is 1. The van der Waals surface area contributed by atoms with Gasteiger partial charge in [-0.2, -0.15) is 0 Å². The second kappa shape index (κ2) is 17.9. The minimum atomic E-state index is -0.444. The molecular formula is C28H39N3O6Si3. The first-order valence-corrected chi connectivity index (χ1v) is 15.7. The van der Waals surface area contributed by atoms with Gasteiger partial charge in [-0.25, -0.2) is 4.79 Å². The Morgan fingerprint density at radius 2 is 1.65 bits per heavy atom. The average Bonchev–Trinajstić information content (AvgIpc) is 3.38. The van der Waals surface area contributed by atoms with Crippen LogP contribution in [0.5, 0.6) is 11.5 Å². The van der Waals surface area contributed by atoms with E-state index in [1.54, 1.807) is 19.3 Å². The highest BCUT2D eigenvalue weighted by Gasteiger charge is 2.08.